The summed E-state index contributed by atoms with van der Waals surface area (Å²) in [5, 5.41) is 4.27. The van der Waals surface area contributed by atoms with E-state index in [0.717, 1.165) is 49.4 Å². The molecule has 0 spiro atoms. The molecular weight excluding hydrogens is 419 g/mol. The number of nitrogens with zero attached hydrogens (tertiary/aromatic N) is 1. The van der Waals surface area contributed by atoms with E-state index in [9.17, 15) is 4.79 Å². The smallest absolute Gasteiger partial charge is 0.251 e. The summed E-state index contributed by atoms with van der Waals surface area (Å²) in [6.07, 6.45) is 2.05. The number of amides is 1. The van der Waals surface area contributed by atoms with Gasteiger partial charge in [0.25, 0.3) is 5.91 Å². The van der Waals surface area contributed by atoms with Gasteiger partial charge in [0.1, 0.15) is 11.9 Å². The predicted molar refractivity (Wildman–Crippen MR) is 124 cm³/mol. The fourth-order valence-electron chi connectivity index (χ4n) is 3.69. The van der Waals surface area contributed by atoms with Crippen molar-refractivity contribution in [1.29, 1.82) is 0 Å². The number of rotatable bonds is 7. The summed E-state index contributed by atoms with van der Waals surface area (Å²) < 4.78 is 6.09. The molecule has 0 aromatic heterocycles. The lowest BCUT2D eigenvalue weighted by Crippen LogP contribution is -2.49. The summed E-state index contributed by atoms with van der Waals surface area (Å²) in [5.74, 6) is 1.10. The molecule has 1 saturated heterocycles. The number of carbonyl (C=O) groups is 1. The molecule has 30 heavy (non-hydrogen) atoms. The third-order valence-electron chi connectivity index (χ3n) is 5.58. The van der Waals surface area contributed by atoms with Crippen molar-refractivity contribution in [2.75, 3.05) is 19.6 Å². The van der Waals surface area contributed by atoms with Gasteiger partial charge in [-0.1, -0.05) is 54.7 Å². The molecule has 0 radical (unpaired) electrons. The van der Waals surface area contributed by atoms with Gasteiger partial charge in [0, 0.05) is 37.3 Å². The van der Waals surface area contributed by atoms with Crippen LogP contribution in [0.1, 0.15) is 42.6 Å². The van der Waals surface area contributed by atoms with E-state index in [2.05, 4.69) is 24.1 Å². The van der Waals surface area contributed by atoms with E-state index in [1.54, 1.807) is 12.1 Å². The zero-order valence-corrected chi connectivity index (χ0v) is 19.3. The van der Waals surface area contributed by atoms with Crippen molar-refractivity contribution < 1.29 is 9.53 Å². The number of halogens is 2. The third kappa shape index (κ3) is 6.37. The first-order valence-corrected chi connectivity index (χ1v) is 11.3. The van der Waals surface area contributed by atoms with Crippen LogP contribution in [0.15, 0.2) is 42.5 Å². The molecule has 1 atom stereocenters. The van der Waals surface area contributed by atoms with E-state index >= 15 is 0 Å². The Morgan fingerprint density at radius 2 is 1.87 bits per heavy atom. The van der Waals surface area contributed by atoms with Crippen LogP contribution in [0.25, 0.3) is 0 Å². The zero-order chi connectivity index (χ0) is 21.7. The molecule has 2 aromatic carbocycles. The van der Waals surface area contributed by atoms with Gasteiger partial charge in [0.05, 0.1) is 10.0 Å². The third-order valence-corrected chi connectivity index (χ3v) is 6.32. The highest BCUT2D eigenvalue weighted by Gasteiger charge is 2.25. The summed E-state index contributed by atoms with van der Waals surface area (Å²) in [7, 11) is 0. The van der Waals surface area contributed by atoms with Crippen LogP contribution in [0.4, 0.5) is 0 Å². The van der Waals surface area contributed by atoms with Crippen LogP contribution in [0.3, 0.4) is 0 Å². The number of ether oxygens (including phenoxy) is 1. The molecule has 1 aliphatic heterocycles. The van der Waals surface area contributed by atoms with Crippen molar-refractivity contribution in [1.82, 2.24) is 10.2 Å². The Labute approximate surface area is 189 Å². The van der Waals surface area contributed by atoms with E-state index in [0.29, 0.717) is 16.0 Å². The monoisotopic (exact) mass is 448 g/mol. The van der Waals surface area contributed by atoms with Crippen molar-refractivity contribution in [2.45, 2.75) is 45.8 Å². The van der Waals surface area contributed by atoms with Gasteiger partial charge >= 0.3 is 0 Å². The van der Waals surface area contributed by atoms with E-state index < -0.39 is 0 Å². The number of likely N-dealkylation sites (tertiary alicyclic amines) is 1. The van der Waals surface area contributed by atoms with Gasteiger partial charge in [0.2, 0.25) is 0 Å². The normalized spacial score (nSPS) is 16.5. The number of piperidine rings is 1. The highest BCUT2D eigenvalue weighted by atomic mass is 35.5. The van der Waals surface area contributed by atoms with Gasteiger partial charge in [-0.2, -0.15) is 0 Å². The molecule has 1 N–H and O–H groups in total. The molecule has 2 aromatic rings. The summed E-state index contributed by atoms with van der Waals surface area (Å²) in [5.41, 5.74) is 1.81. The molecule has 0 saturated carbocycles. The molecule has 1 heterocycles. The van der Waals surface area contributed by atoms with Crippen LogP contribution in [-0.4, -0.2) is 42.6 Å². The van der Waals surface area contributed by atoms with Gasteiger partial charge < -0.3 is 15.0 Å². The molecule has 4 nitrogen and oxygen atoms in total. The van der Waals surface area contributed by atoms with Crippen molar-refractivity contribution in [3.05, 3.63) is 63.6 Å². The Kier molecular flexibility index (Phi) is 8.04. The average molecular weight is 449 g/mol. The summed E-state index contributed by atoms with van der Waals surface area (Å²) in [4.78, 5) is 15.1. The van der Waals surface area contributed by atoms with Crippen molar-refractivity contribution in [3.8, 4) is 5.75 Å². The van der Waals surface area contributed by atoms with Crippen LogP contribution in [-0.2, 0) is 0 Å². The number of benzene rings is 2. The van der Waals surface area contributed by atoms with Crippen LogP contribution in [0, 0.1) is 12.8 Å². The van der Waals surface area contributed by atoms with Crippen molar-refractivity contribution in [2.24, 2.45) is 5.92 Å². The van der Waals surface area contributed by atoms with E-state index in [1.807, 2.05) is 37.3 Å². The molecule has 3 rings (SSSR count). The minimum absolute atomic E-state index is 0.00441. The maximum atomic E-state index is 12.7. The van der Waals surface area contributed by atoms with Gasteiger partial charge in [-0.15, -0.1) is 0 Å². The number of hydrogen-bond donors (Lipinski definition) is 1. The van der Waals surface area contributed by atoms with Gasteiger partial charge in [-0.05, 0) is 49.9 Å². The van der Waals surface area contributed by atoms with Crippen LogP contribution in [0.5, 0.6) is 5.75 Å². The highest BCUT2D eigenvalue weighted by molar-refractivity contribution is 6.42. The first kappa shape index (κ1) is 22.9. The van der Waals surface area contributed by atoms with Crippen LogP contribution < -0.4 is 10.1 Å². The van der Waals surface area contributed by atoms with Gasteiger partial charge in [0.15, 0.2) is 0 Å². The van der Waals surface area contributed by atoms with Crippen molar-refractivity contribution >= 4 is 29.1 Å². The fourth-order valence-corrected chi connectivity index (χ4v) is 3.98. The number of nitrogens with one attached hydrogen (secondary N) is 1. The first-order valence-electron chi connectivity index (χ1n) is 10.5. The lowest BCUT2D eigenvalue weighted by atomic mass is 10.0. The minimum atomic E-state index is -0.00441. The fraction of sp³-hybridized carbons (Fsp3) is 0.458. The molecule has 0 bridgehead atoms. The Balaban J connectivity index is 1.51. The largest absolute Gasteiger partial charge is 0.490 e. The molecule has 1 aliphatic rings. The van der Waals surface area contributed by atoms with Crippen LogP contribution in [0.2, 0.25) is 10.0 Å². The second kappa shape index (κ2) is 10.5. The average Bonchev–Trinajstić information content (AvgIpc) is 2.71. The summed E-state index contributed by atoms with van der Waals surface area (Å²) in [6.45, 7) is 9.03. The van der Waals surface area contributed by atoms with Crippen LogP contribution >= 0.6 is 23.2 Å². The lowest BCUT2D eigenvalue weighted by molar-refractivity contribution is 0.0807. The SMILES string of the molecule is Cc1cccc(C(=O)N[C@H](CN2CCC(Oc3ccc(Cl)c(Cl)c3)CC2)C(C)C)c1. The number of carbonyl (C=O) groups excluding carboxylic acids is 1. The maximum Gasteiger partial charge on any atom is 0.251 e. The lowest BCUT2D eigenvalue weighted by Gasteiger charge is -2.35. The molecule has 1 fully saturated rings. The zero-order valence-electron chi connectivity index (χ0n) is 17.8. The molecule has 6 heteroatoms. The molecule has 0 unspecified atom stereocenters. The van der Waals surface area contributed by atoms with E-state index in [1.165, 1.54) is 0 Å². The Morgan fingerprint density at radius 3 is 2.50 bits per heavy atom. The maximum absolute atomic E-state index is 12.7. The Hall–Kier alpha value is -1.75. The van der Waals surface area contributed by atoms with E-state index in [4.69, 9.17) is 27.9 Å². The van der Waals surface area contributed by atoms with Gasteiger partial charge in [-0.25, -0.2) is 0 Å². The van der Waals surface area contributed by atoms with Crippen molar-refractivity contribution in [3.63, 3.8) is 0 Å². The molecule has 162 valence electrons. The standard InChI is InChI=1S/C24H30Cl2N2O2/c1-16(2)23(27-24(29)18-6-4-5-17(3)13-18)15-28-11-9-19(10-12-28)30-20-7-8-21(25)22(26)14-20/h4-8,13-14,16,19,23H,9-12,15H2,1-3H3,(H,27,29)/t23-/m1/s1. The second-order valence-electron chi connectivity index (χ2n) is 8.39. The Morgan fingerprint density at radius 1 is 1.13 bits per heavy atom. The topological polar surface area (TPSA) is 41.6 Å². The predicted octanol–water partition coefficient (Wildman–Crippen LogP) is 5.60. The quantitative estimate of drug-likeness (QED) is 0.598. The summed E-state index contributed by atoms with van der Waals surface area (Å²) >= 11 is 12.1. The molecule has 0 aliphatic carbocycles. The molecular formula is C24H30Cl2N2O2. The van der Waals surface area contributed by atoms with Gasteiger partial charge in [-0.3, -0.25) is 4.79 Å². The van der Waals surface area contributed by atoms with E-state index in [-0.39, 0.29) is 18.1 Å². The second-order valence-corrected chi connectivity index (χ2v) is 9.20. The summed E-state index contributed by atoms with van der Waals surface area (Å²) in [6, 6.07) is 13.2. The first-order chi connectivity index (χ1) is 14.3. The number of aryl methyl sites for hydroxylation is 1. The highest BCUT2D eigenvalue weighted by Crippen LogP contribution is 2.28. The minimum Gasteiger partial charge on any atom is -0.490 e. The Bertz CT molecular complexity index is 864. The number of hydrogen-bond acceptors (Lipinski definition) is 3. The molecule has 1 amide bonds.